The highest BCUT2D eigenvalue weighted by Gasteiger charge is 2.12. The Morgan fingerprint density at radius 3 is 2.72 bits per heavy atom. The third kappa shape index (κ3) is 5.21. The van der Waals surface area contributed by atoms with E-state index in [2.05, 4.69) is 35.8 Å². The Labute approximate surface area is 172 Å². The van der Waals surface area contributed by atoms with Crippen LogP contribution in [0.25, 0.3) is 16.9 Å². The van der Waals surface area contributed by atoms with Crippen molar-refractivity contribution in [3.8, 4) is 17.1 Å². The van der Waals surface area contributed by atoms with Crippen LogP contribution in [0.1, 0.15) is 50.9 Å². The van der Waals surface area contributed by atoms with Crippen molar-refractivity contribution in [1.82, 2.24) is 19.5 Å². The van der Waals surface area contributed by atoms with Crippen LogP contribution < -0.4 is 4.74 Å². The van der Waals surface area contributed by atoms with Gasteiger partial charge in [0.25, 0.3) is 0 Å². The van der Waals surface area contributed by atoms with Gasteiger partial charge in [-0.15, -0.1) is 5.10 Å². The minimum absolute atomic E-state index is 0.0381. The van der Waals surface area contributed by atoms with Crippen LogP contribution >= 0.6 is 0 Å². The third-order valence-corrected chi connectivity index (χ3v) is 5.20. The van der Waals surface area contributed by atoms with Crippen LogP contribution in [0.2, 0.25) is 0 Å². The van der Waals surface area contributed by atoms with Crippen LogP contribution in [0.3, 0.4) is 0 Å². The zero-order valence-corrected chi connectivity index (χ0v) is 17.8. The summed E-state index contributed by atoms with van der Waals surface area (Å²) in [4.78, 5) is 18.6. The molecule has 0 aliphatic heterocycles. The maximum atomic E-state index is 11.7. The van der Waals surface area contributed by atoms with E-state index in [1.807, 2.05) is 36.4 Å². The predicted molar refractivity (Wildman–Crippen MR) is 116 cm³/mol. The number of ketones is 1. The Hall–Kier alpha value is -2.73. The SMILES string of the molecule is CCN(CC)CCCC(C)Oc1ccc2ncc(-c3cccc(C(C)=O)c3)n2n1. The van der Waals surface area contributed by atoms with Crippen LogP contribution in [0, 0.1) is 0 Å². The fourth-order valence-corrected chi connectivity index (χ4v) is 3.42. The van der Waals surface area contributed by atoms with Gasteiger partial charge in [0, 0.05) is 17.2 Å². The molecule has 0 aliphatic rings. The smallest absolute Gasteiger partial charge is 0.232 e. The topological polar surface area (TPSA) is 59.7 Å². The summed E-state index contributed by atoms with van der Waals surface area (Å²) in [6.45, 7) is 11.3. The van der Waals surface area contributed by atoms with E-state index in [9.17, 15) is 4.79 Å². The molecule has 1 atom stereocenters. The van der Waals surface area contributed by atoms with Crippen molar-refractivity contribution < 1.29 is 9.53 Å². The third-order valence-electron chi connectivity index (χ3n) is 5.20. The van der Waals surface area contributed by atoms with Crippen molar-refractivity contribution in [1.29, 1.82) is 0 Å². The highest BCUT2D eigenvalue weighted by Crippen LogP contribution is 2.23. The number of ether oxygens (including phenoxy) is 1. The quantitative estimate of drug-likeness (QED) is 0.474. The van der Waals surface area contributed by atoms with Gasteiger partial charge in [0.15, 0.2) is 11.4 Å². The first-order chi connectivity index (χ1) is 14.0. The Balaban J connectivity index is 1.74. The van der Waals surface area contributed by atoms with Crippen molar-refractivity contribution in [2.45, 2.75) is 46.6 Å². The number of carbonyl (C=O) groups excluding carboxylic acids is 1. The van der Waals surface area contributed by atoms with Crippen molar-refractivity contribution in [2.75, 3.05) is 19.6 Å². The van der Waals surface area contributed by atoms with Gasteiger partial charge < -0.3 is 9.64 Å². The Kier molecular flexibility index (Phi) is 6.99. The van der Waals surface area contributed by atoms with E-state index in [0.717, 1.165) is 49.4 Å². The molecule has 2 aromatic heterocycles. The van der Waals surface area contributed by atoms with Gasteiger partial charge in [0.1, 0.15) is 0 Å². The second-order valence-electron chi connectivity index (χ2n) is 7.32. The number of nitrogens with zero attached hydrogens (tertiary/aromatic N) is 4. The van der Waals surface area contributed by atoms with Gasteiger partial charge in [-0.05, 0) is 58.5 Å². The summed E-state index contributed by atoms with van der Waals surface area (Å²) in [5.74, 6) is 0.617. The van der Waals surface area contributed by atoms with Crippen molar-refractivity contribution >= 4 is 11.4 Å². The zero-order chi connectivity index (χ0) is 20.8. The molecule has 3 aromatic rings. The molecule has 6 heteroatoms. The molecule has 154 valence electrons. The van der Waals surface area contributed by atoms with Crippen molar-refractivity contribution in [3.63, 3.8) is 0 Å². The first-order valence-electron chi connectivity index (χ1n) is 10.4. The molecule has 29 heavy (non-hydrogen) atoms. The van der Waals surface area contributed by atoms with E-state index in [1.165, 1.54) is 0 Å². The van der Waals surface area contributed by atoms with Crippen molar-refractivity contribution in [3.05, 3.63) is 48.2 Å². The molecule has 0 amide bonds. The zero-order valence-electron chi connectivity index (χ0n) is 17.8. The molecular weight excluding hydrogens is 364 g/mol. The molecule has 0 fully saturated rings. The maximum Gasteiger partial charge on any atom is 0.232 e. The van der Waals surface area contributed by atoms with Gasteiger partial charge >= 0.3 is 0 Å². The maximum absolute atomic E-state index is 11.7. The number of imidazole rings is 1. The molecule has 0 saturated carbocycles. The van der Waals surface area contributed by atoms with Crippen molar-refractivity contribution in [2.24, 2.45) is 0 Å². The second-order valence-corrected chi connectivity index (χ2v) is 7.32. The molecule has 0 saturated heterocycles. The minimum atomic E-state index is 0.0381. The molecule has 1 aromatic carbocycles. The average Bonchev–Trinajstić information content (AvgIpc) is 3.14. The predicted octanol–water partition coefficient (Wildman–Crippen LogP) is 4.49. The number of hydrogen-bond acceptors (Lipinski definition) is 5. The summed E-state index contributed by atoms with van der Waals surface area (Å²) >= 11 is 0. The summed E-state index contributed by atoms with van der Waals surface area (Å²) in [7, 11) is 0. The lowest BCUT2D eigenvalue weighted by Crippen LogP contribution is -2.25. The molecule has 0 aliphatic carbocycles. The molecule has 0 N–H and O–H groups in total. The van der Waals surface area contributed by atoms with Crippen LogP contribution in [0.15, 0.2) is 42.6 Å². The average molecular weight is 395 g/mol. The van der Waals surface area contributed by atoms with E-state index in [1.54, 1.807) is 17.6 Å². The van der Waals surface area contributed by atoms with Crippen LogP contribution in [0.5, 0.6) is 5.88 Å². The molecule has 0 bridgehead atoms. The summed E-state index contributed by atoms with van der Waals surface area (Å²) < 4.78 is 7.84. The molecular formula is C23H30N4O2. The standard InChI is InChI=1S/C23H30N4O2/c1-5-26(6-2)14-8-9-17(3)29-23-13-12-22-24-16-21(27(22)25-23)20-11-7-10-19(15-20)18(4)28/h7,10-13,15-17H,5-6,8-9,14H2,1-4H3. The molecule has 2 heterocycles. The lowest BCUT2D eigenvalue weighted by Gasteiger charge is -2.19. The first kappa shape index (κ1) is 21.0. The van der Waals surface area contributed by atoms with Gasteiger partial charge in [-0.1, -0.05) is 32.0 Å². The van der Waals surface area contributed by atoms with Gasteiger partial charge in [-0.2, -0.15) is 0 Å². The van der Waals surface area contributed by atoms with Crippen LogP contribution in [-0.2, 0) is 0 Å². The molecule has 0 spiro atoms. The molecule has 0 radical (unpaired) electrons. The molecule has 3 rings (SSSR count). The highest BCUT2D eigenvalue weighted by atomic mass is 16.5. The Bertz CT molecular complexity index is 962. The number of fused-ring (bicyclic) bond motifs is 1. The summed E-state index contributed by atoms with van der Waals surface area (Å²) in [6, 6.07) is 11.3. The Morgan fingerprint density at radius 1 is 1.21 bits per heavy atom. The molecule has 6 nitrogen and oxygen atoms in total. The number of benzene rings is 1. The lowest BCUT2D eigenvalue weighted by atomic mass is 10.1. The lowest BCUT2D eigenvalue weighted by molar-refractivity contribution is 0.101. The normalized spacial score (nSPS) is 12.4. The van der Waals surface area contributed by atoms with Gasteiger partial charge in [0.05, 0.1) is 18.0 Å². The van der Waals surface area contributed by atoms with E-state index in [4.69, 9.17) is 4.74 Å². The number of Topliss-reactive ketones (excluding diaryl/α,β-unsaturated/α-hetero) is 1. The summed E-state index contributed by atoms with van der Waals surface area (Å²) in [5, 5.41) is 4.64. The number of hydrogen-bond donors (Lipinski definition) is 0. The van der Waals surface area contributed by atoms with E-state index in [0.29, 0.717) is 11.4 Å². The fourth-order valence-electron chi connectivity index (χ4n) is 3.42. The largest absolute Gasteiger partial charge is 0.474 e. The Morgan fingerprint density at radius 2 is 2.00 bits per heavy atom. The van der Waals surface area contributed by atoms with Gasteiger partial charge in [0.2, 0.25) is 5.88 Å². The first-order valence-corrected chi connectivity index (χ1v) is 10.4. The number of aromatic nitrogens is 3. The number of rotatable bonds is 10. The second kappa shape index (κ2) is 9.65. The van der Waals surface area contributed by atoms with Gasteiger partial charge in [-0.3, -0.25) is 4.79 Å². The van der Waals surface area contributed by atoms with E-state index in [-0.39, 0.29) is 11.9 Å². The van der Waals surface area contributed by atoms with E-state index >= 15 is 0 Å². The molecule has 1 unspecified atom stereocenters. The van der Waals surface area contributed by atoms with Gasteiger partial charge in [-0.25, -0.2) is 9.50 Å². The fraction of sp³-hybridized carbons (Fsp3) is 0.435. The summed E-state index contributed by atoms with van der Waals surface area (Å²) in [5.41, 5.74) is 3.16. The van der Waals surface area contributed by atoms with Crippen LogP contribution in [0.4, 0.5) is 0 Å². The highest BCUT2D eigenvalue weighted by molar-refractivity contribution is 5.95. The number of carbonyl (C=O) groups is 1. The van der Waals surface area contributed by atoms with Crippen LogP contribution in [-0.4, -0.2) is 51.0 Å². The minimum Gasteiger partial charge on any atom is -0.474 e. The summed E-state index contributed by atoms with van der Waals surface area (Å²) in [6.07, 6.45) is 3.94. The monoisotopic (exact) mass is 394 g/mol. The van der Waals surface area contributed by atoms with E-state index < -0.39 is 0 Å².